The second kappa shape index (κ2) is 15.5. The third-order valence-corrected chi connectivity index (χ3v) is 1.41. The van der Waals surface area contributed by atoms with E-state index in [2.05, 4.69) is 43.7 Å². The van der Waals surface area contributed by atoms with E-state index in [9.17, 15) is 0 Å². The van der Waals surface area contributed by atoms with Crippen molar-refractivity contribution in [3.63, 3.8) is 0 Å². The molecular weight excluding hydrogens is 326 g/mol. The van der Waals surface area contributed by atoms with Crippen LogP contribution in [0.15, 0.2) is 0 Å². The third-order valence-electron chi connectivity index (χ3n) is 0.471. The van der Waals surface area contributed by atoms with Crippen molar-refractivity contribution in [2.75, 3.05) is 6.26 Å². The van der Waals surface area contributed by atoms with E-state index in [-0.39, 0.29) is 14.9 Å². The topological polar surface area (TPSA) is 121 Å². The van der Waals surface area contributed by atoms with Crippen molar-refractivity contribution < 1.29 is 29.4 Å². The molecule has 0 aliphatic carbocycles. The molecule has 0 saturated carbocycles. The smallest absolute Gasteiger partial charge is 0.319 e. The monoisotopic (exact) mass is 350 g/mol. The van der Waals surface area contributed by atoms with Crippen molar-refractivity contribution in [3.8, 4) is 0 Å². The van der Waals surface area contributed by atoms with Crippen LogP contribution in [-0.2, 0) is 23.6 Å². The van der Waals surface area contributed by atoms with Crippen LogP contribution in [0.25, 0.3) is 0 Å². The van der Waals surface area contributed by atoms with Gasteiger partial charge in [0, 0.05) is 0 Å². The molecule has 0 aromatic rings. The Morgan fingerprint density at radius 1 is 0.824 bits per heavy atom. The first-order chi connectivity index (χ1) is 6.27. The minimum Gasteiger partial charge on any atom is -0.325 e. The Balaban J connectivity index is -0.0000000400. The molecular formula is C6H24O6P2S3. The second-order valence-corrected chi connectivity index (χ2v) is 8.72. The van der Waals surface area contributed by atoms with Crippen LogP contribution in [0.3, 0.4) is 0 Å². The highest BCUT2D eigenvalue weighted by molar-refractivity contribution is 8.06. The normalized spacial score (nSPS) is 9.76. The van der Waals surface area contributed by atoms with Crippen LogP contribution in [-0.4, -0.2) is 40.9 Å². The lowest BCUT2D eigenvalue weighted by Crippen LogP contribution is -1.79. The van der Waals surface area contributed by atoms with Gasteiger partial charge in [-0.05, 0) is 35.1 Å². The van der Waals surface area contributed by atoms with Crippen LogP contribution in [0.4, 0.5) is 0 Å². The standard InChI is InChI=1S/C4H10S.2CH4.2H3O3PS/c1-4(2)5-3;;;2*1-4(2,3)5/h4H,1-3H3;2*1H4;2*(H3,1,2,3,5). The molecule has 0 atom stereocenters. The van der Waals surface area contributed by atoms with Crippen molar-refractivity contribution in [1.29, 1.82) is 0 Å². The van der Waals surface area contributed by atoms with Crippen LogP contribution < -0.4 is 0 Å². The molecule has 0 unspecified atom stereocenters. The first kappa shape index (κ1) is 31.0. The van der Waals surface area contributed by atoms with Gasteiger partial charge in [-0.1, -0.05) is 28.7 Å². The Morgan fingerprint density at radius 3 is 0.882 bits per heavy atom. The molecule has 0 aromatic carbocycles. The average molecular weight is 350 g/mol. The van der Waals surface area contributed by atoms with E-state index in [0.717, 1.165) is 5.25 Å². The molecule has 0 bridgehead atoms. The van der Waals surface area contributed by atoms with Crippen molar-refractivity contribution in [3.05, 3.63) is 0 Å². The molecule has 0 aromatic heterocycles. The predicted molar refractivity (Wildman–Crippen MR) is 84.0 cm³/mol. The molecule has 112 valence electrons. The summed E-state index contributed by atoms with van der Waals surface area (Å²) in [7, 11) is 0. The Labute approximate surface area is 118 Å². The van der Waals surface area contributed by atoms with Crippen molar-refractivity contribution in [2.24, 2.45) is 0 Å². The van der Waals surface area contributed by atoms with E-state index in [1.165, 1.54) is 0 Å². The molecule has 17 heavy (non-hydrogen) atoms. The quantitative estimate of drug-likeness (QED) is 0.390. The lowest BCUT2D eigenvalue weighted by Gasteiger charge is -1.90. The average Bonchev–Trinajstić information content (AvgIpc) is 1.79. The largest absolute Gasteiger partial charge is 0.325 e. The van der Waals surface area contributed by atoms with Gasteiger partial charge in [0.05, 0.1) is 0 Å². The van der Waals surface area contributed by atoms with Gasteiger partial charge in [-0.2, -0.15) is 11.8 Å². The minimum absolute atomic E-state index is 0. The van der Waals surface area contributed by atoms with E-state index in [1.54, 1.807) is 0 Å². The number of rotatable bonds is 1. The molecule has 6 N–H and O–H groups in total. The highest BCUT2D eigenvalue weighted by Crippen LogP contribution is 2.26. The van der Waals surface area contributed by atoms with Gasteiger partial charge in [0.1, 0.15) is 0 Å². The van der Waals surface area contributed by atoms with Crippen molar-refractivity contribution >= 4 is 48.8 Å². The highest BCUT2D eigenvalue weighted by atomic mass is 32.5. The van der Waals surface area contributed by atoms with E-state index >= 15 is 0 Å². The molecule has 6 nitrogen and oxygen atoms in total. The van der Waals surface area contributed by atoms with Gasteiger partial charge in [0.25, 0.3) is 0 Å². The molecule has 0 rings (SSSR count). The Hall–Kier alpha value is 1.41. The van der Waals surface area contributed by atoms with Crippen molar-refractivity contribution in [2.45, 2.75) is 34.0 Å². The van der Waals surface area contributed by atoms with E-state index in [4.69, 9.17) is 29.4 Å². The summed E-state index contributed by atoms with van der Waals surface area (Å²) in [5, 5.41) is 0.801. The lowest BCUT2D eigenvalue weighted by atomic mass is 10.6. The number of hydrogen-bond donors (Lipinski definition) is 6. The fraction of sp³-hybridized carbons (Fsp3) is 1.00. The Kier molecular flexibility index (Phi) is 28.2. The van der Waals surface area contributed by atoms with E-state index < -0.39 is 13.4 Å². The second-order valence-electron chi connectivity index (χ2n) is 2.31. The molecule has 0 amide bonds. The maximum Gasteiger partial charge on any atom is 0.319 e. The van der Waals surface area contributed by atoms with Gasteiger partial charge >= 0.3 is 13.4 Å². The maximum absolute atomic E-state index is 7.56. The highest BCUT2D eigenvalue weighted by Gasteiger charge is 1.92. The Morgan fingerprint density at radius 2 is 0.882 bits per heavy atom. The summed E-state index contributed by atoms with van der Waals surface area (Å²) in [6.07, 6.45) is 2.12. The van der Waals surface area contributed by atoms with Gasteiger partial charge in [-0.3, -0.25) is 0 Å². The molecule has 0 heterocycles. The fourth-order valence-corrected chi connectivity index (χ4v) is 0. The van der Waals surface area contributed by atoms with E-state index in [0.29, 0.717) is 0 Å². The maximum atomic E-state index is 7.56. The first-order valence-corrected chi connectivity index (χ1v) is 9.97. The molecule has 0 aliphatic heterocycles. The molecule has 0 radical (unpaired) electrons. The molecule has 0 saturated heterocycles. The summed E-state index contributed by atoms with van der Waals surface area (Å²) in [6.45, 7) is -3.24. The predicted octanol–water partition coefficient (Wildman–Crippen LogP) is 1.41. The number of thioether (sulfide) groups is 1. The lowest BCUT2D eigenvalue weighted by molar-refractivity contribution is 0.361. The molecule has 11 heteroatoms. The van der Waals surface area contributed by atoms with Gasteiger partial charge in [-0.15, -0.1) is 0 Å². The summed E-state index contributed by atoms with van der Waals surface area (Å²) >= 11 is 9.09. The zero-order valence-electron chi connectivity index (χ0n) is 8.38. The summed E-state index contributed by atoms with van der Waals surface area (Å²) in [4.78, 5) is 45.3. The van der Waals surface area contributed by atoms with Gasteiger partial charge in [0.2, 0.25) is 0 Å². The molecule has 0 fully saturated rings. The van der Waals surface area contributed by atoms with Gasteiger partial charge < -0.3 is 29.4 Å². The van der Waals surface area contributed by atoms with Crippen LogP contribution >= 0.6 is 25.2 Å². The number of hydrogen-bond acceptors (Lipinski definition) is 3. The fourth-order valence-electron chi connectivity index (χ4n) is 0. The summed E-state index contributed by atoms with van der Waals surface area (Å²) in [6, 6.07) is 0. The Bertz CT molecular complexity index is 189. The van der Waals surface area contributed by atoms with Gasteiger partial charge in [0.15, 0.2) is 0 Å². The zero-order chi connectivity index (χ0) is 13.3. The van der Waals surface area contributed by atoms with Crippen molar-refractivity contribution in [1.82, 2.24) is 0 Å². The first-order valence-electron chi connectivity index (χ1n) is 3.36. The van der Waals surface area contributed by atoms with Gasteiger partial charge in [-0.25, -0.2) is 0 Å². The minimum atomic E-state index is -3.81. The third kappa shape index (κ3) is 356. The zero-order valence-corrected chi connectivity index (χ0v) is 12.6. The van der Waals surface area contributed by atoms with Crippen LogP contribution in [0.2, 0.25) is 0 Å². The van der Waals surface area contributed by atoms with Crippen LogP contribution in [0.5, 0.6) is 0 Å². The SMILES string of the molecule is C.C.CSC(C)C.OP(O)(O)=S.OP(O)(O)=S. The van der Waals surface area contributed by atoms with Crippen LogP contribution in [0.1, 0.15) is 28.7 Å². The summed E-state index contributed by atoms with van der Waals surface area (Å²) < 4.78 is 0. The summed E-state index contributed by atoms with van der Waals surface area (Å²) in [5.41, 5.74) is 0. The van der Waals surface area contributed by atoms with Crippen LogP contribution in [0, 0.1) is 0 Å². The molecule has 0 spiro atoms. The van der Waals surface area contributed by atoms with E-state index in [1.807, 2.05) is 11.8 Å². The molecule has 0 aliphatic rings. The summed E-state index contributed by atoms with van der Waals surface area (Å²) in [5.74, 6) is 0.